The summed E-state index contributed by atoms with van der Waals surface area (Å²) in [4.78, 5) is 40.3. The van der Waals surface area contributed by atoms with Gasteiger partial charge in [0, 0.05) is 30.7 Å². The number of aliphatic hydroxyl groups excluding tert-OH is 1. The molecule has 4 rings (SSSR count). The highest BCUT2D eigenvalue weighted by atomic mass is 35.5. The molecule has 0 unspecified atom stereocenters. The average Bonchev–Trinajstić information content (AvgIpc) is 3.34. The zero-order valence-electron chi connectivity index (χ0n) is 25.3. The minimum Gasteiger partial charge on any atom is -0.483 e. The molecule has 12 heteroatoms. The number of hydrogen-bond donors (Lipinski definition) is 4. The van der Waals surface area contributed by atoms with E-state index in [9.17, 15) is 28.3 Å². The number of benzene rings is 3. The van der Waals surface area contributed by atoms with Crippen molar-refractivity contribution in [2.75, 3.05) is 25.5 Å². The Morgan fingerprint density at radius 3 is 2.31 bits per heavy atom. The first-order chi connectivity index (χ1) is 21.4. The number of nitrogens with zero attached hydrogens (tertiary/aromatic N) is 1. The number of anilines is 1. The van der Waals surface area contributed by atoms with Gasteiger partial charge in [0.25, 0.3) is 17.7 Å². The molecular formula is C33H37ClF2N4O5. The molecule has 3 aromatic carbocycles. The molecule has 4 N–H and O–H groups in total. The van der Waals surface area contributed by atoms with Crippen LogP contribution in [0.25, 0.3) is 0 Å². The summed E-state index contributed by atoms with van der Waals surface area (Å²) < 4.78 is 35.0. The summed E-state index contributed by atoms with van der Waals surface area (Å²) in [6, 6.07) is 16.6. The lowest BCUT2D eigenvalue weighted by Crippen LogP contribution is -2.56. The molecule has 240 valence electrons. The monoisotopic (exact) mass is 642 g/mol. The fraction of sp³-hybridized carbons (Fsp3) is 0.364. The number of aryl methyl sites for hydroxylation is 2. The molecule has 3 aromatic rings. The molecule has 1 saturated heterocycles. The lowest BCUT2D eigenvalue weighted by Gasteiger charge is -2.30. The first-order valence-electron chi connectivity index (χ1n) is 14.5. The third-order valence-corrected chi connectivity index (χ3v) is 7.83. The van der Waals surface area contributed by atoms with E-state index < -0.39 is 61.4 Å². The van der Waals surface area contributed by atoms with Gasteiger partial charge in [-0.05, 0) is 66.8 Å². The SMILES string of the molecule is CNc1ccc(CNC(=O)[C@@H]2CC(F)(F)CN2C(=O)[C@@H](O)[C@H](Cc2ccccc2)NC(=O)COc2c(C)cc(Cl)cc2C)cc1. The Balaban J connectivity index is 1.47. The van der Waals surface area contributed by atoms with Crippen LogP contribution in [0.1, 0.15) is 28.7 Å². The third-order valence-electron chi connectivity index (χ3n) is 7.62. The van der Waals surface area contributed by atoms with Crippen molar-refractivity contribution in [1.82, 2.24) is 15.5 Å². The normalized spacial score (nSPS) is 16.9. The molecule has 0 aromatic heterocycles. The predicted octanol–water partition coefficient (Wildman–Crippen LogP) is 4.02. The van der Waals surface area contributed by atoms with Crippen molar-refractivity contribution in [2.45, 2.75) is 57.3 Å². The van der Waals surface area contributed by atoms with Gasteiger partial charge in [-0.25, -0.2) is 8.78 Å². The number of rotatable bonds is 12. The highest BCUT2D eigenvalue weighted by Crippen LogP contribution is 2.33. The Morgan fingerprint density at radius 1 is 1.04 bits per heavy atom. The van der Waals surface area contributed by atoms with Crippen LogP contribution in [0.5, 0.6) is 5.75 Å². The molecule has 0 aliphatic carbocycles. The topological polar surface area (TPSA) is 120 Å². The summed E-state index contributed by atoms with van der Waals surface area (Å²) in [7, 11) is 1.77. The van der Waals surface area contributed by atoms with E-state index in [0.717, 1.165) is 22.4 Å². The fourth-order valence-electron chi connectivity index (χ4n) is 5.34. The average molecular weight is 643 g/mol. The van der Waals surface area contributed by atoms with Crippen molar-refractivity contribution in [2.24, 2.45) is 0 Å². The van der Waals surface area contributed by atoms with Crippen LogP contribution in [0.4, 0.5) is 14.5 Å². The second kappa shape index (κ2) is 14.7. The summed E-state index contributed by atoms with van der Waals surface area (Å²) in [5, 5.41) is 20.0. The molecular weight excluding hydrogens is 606 g/mol. The first kappa shape index (κ1) is 33.7. The first-order valence-corrected chi connectivity index (χ1v) is 14.9. The number of amides is 3. The van der Waals surface area contributed by atoms with Gasteiger partial charge in [0.15, 0.2) is 12.7 Å². The summed E-state index contributed by atoms with van der Waals surface area (Å²) in [6.07, 6.45) is -2.80. The number of aliphatic hydroxyl groups is 1. The van der Waals surface area contributed by atoms with Crippen LogP contribution in [-0.4, -0.2) is 72.0 Å². The summed E-state index contributed by atoms with van der Waals surface area (Å²) in [5.41, 5.74) is 3.73. The Bertz CT molecular complexity index is 1480. The smallest absolute Gasteiger partial charge is 0.267 e. The van der Waals surface area contributed by atoms with Gasteiger partial charge in [0.05, 0.1) is 12.6 Å². The number of likely N-dealkylation sites (tertiary alicyclic amines) is 1. The highest BCUT2D eigenvalue weighted by molar-refractivity contribution is 6.30. The lowest BCUT2D eigenvalue weighted by molar-refractivity contribution is -0.147. The number of hydrogen-bond acceptors (Lipinski definition) is 6. The Labute approximate surface area is 265 Å². The molecule has 45 heavy (non-hydrogen) atoms. The second-order valence-corrected chi connectivity index (χ2v) is 11.6. The molecule has 3 atom stereocenters. The zero-order valence-corrected chi connectivity index (χ0v) is 26.0. The van der Waals surface area contributed by atoms with E-state index in [4.69, 9.17) is 16.3 Å². The number of carbonyl (C=O) groups excluding carboxylic acids is 3. The van der Waals surface area contributed by atoms with E-state index >= 15 is 0 Å². The van der Waals surface area contributed by atoms with Gasteiger partial charge < -0.3 is 30.7 Å². The van der Waals surface area contributed by atoms with Crippen LogP contribution in [0.15, 0.2) is 66.7 Å². The van der Waals surface area contributed by atoms with Gasteiger partial charge in [-0.2, -0.15) is 0 Å². The minimum absolute atomic E-state index is 0.0161. The van der Waals surface area contributed by atoms with Crippen molar-refractivity contribution in [1.29, 1.82) is 0 Å². The van der Waals surface area contributed by atoms with Gasteiger partial charge in [0.1, 0.15) is 11.8 Å². The molecule has 0 saturated carbocycles. The molecule has 0 spiro atoms. The molecule has 0 bridgehead atoms. The Morgan fingerprint density at radius 2 is 1.69 bits per heavy atom. The van der Waals surface area contributed by atoms with E-state index in [1.54, 1.807) is 87.6 Å². The van der Waals surface area contributed by atoms with Crippen LogP contribution in [0.3, 0.4) is 0 Å². The van der Waals surface area contributed by atoms with Crippen molar-refractivity contribution < 1.29 is 33.0 Å². The van der Waals surface area contributed by atoms with Crippen molar-refractivity contribution in [3.8, 4) is 5.75 Å². The lowest BCUT2D eigenvalue weighted by atomic mass is 9.99. The van der Waals surface area contributed by atoms with E-state index in [1.807, 2.05) is 0 Å². The molecule has 1 fully saturated rings. The minimum atomic E-state index is -3.34. The third kappa shape index (κ3) is 8.92. The molecule has 9 nitrogen and oxygen atoms in total. The maximum atomic E-state index is 14.6. The zero-order chi connectivity index (χ0) is 32.7. The van der Waals surface area contributed by atoms with E-state index in [0.29, 0.717) is 21.2 Å². The molecule has 0 radical (unpaired) electrons. The molecule has 1 aliphatic heterocycles. The maximum absolute atomic E-state index is 14.6. The maximum Gasteiger partial charge on any atom is 0.267 e. The van der Waals surface area contributed by atoms with Crippen molar-refractivity contribution in [3.63, 3.8) is 0 Å². The van der Waals surface area contributed by atoms with Gasteiger partial charge >= 0.3 is 0 Å². The Hall–Kier alpha value is -4.22. The van der Waals surface area contributed by atoms with Crippen molar-refractivity contribution in [3.05, 3.63) is 94.0 Å². The largest absolute Gasteiger partial charge is 0.483 e. The van der Waals surface area contributed by atoms with E-state index in [-0.39, 0.29) is 13.0 Å². The number of ether oxygens (including phenoxy) is 1. The molecule has 3 amide bonds. The number of alkyl halides is 2. The second-order valence-electron chi connectivity index (χ2n) is 11.2. The number of carbonyl (C=O) groups is 3. The van der Waals surface area contributed by atoms with Gasteiger partial charge in [-0.3, -0.25) is 14.4 Å². The highest BCUT2D eigenvalue weighted by Gasteiger charge is 2.51. The standard InChI is InChI=1S/C33H37ClF2N4O5/c1-20-13-24(34)14-21(2)30(20)45-18-28(41)39-26(15-22-7-5-4-6-8-22)29(42)32(44)40-19-33(35,36)16-27(40)31(43)38-17-23-9-11-25(37-3)12-10-23/h4-14,26-27,29,37,42H,15-19H2,1-3H3,(H,38,43)(H,39,41)/t26-,27-,29-/m0/s1. The van der Waals surface area contributed by atoms with E-state index in [2.05, 4.69) is 16.0 Å². The van der Waals surface area contributed by atoms with Gasteiger partial charge in [-0.15, -0.1) is 0 Å². The van der Waals surface area contributed by atoms with Gasteiger partial charge in [-0.1, -0.05) is 54.1 Å². The molecule has 1 aliphatic rings. The van der Waals surface area contributed by atoms with E-state index in [1.165, 1.54) is 0 Å². The fourth-order valence-corrected chi connectivity index (χ4v) is 5.67. The quantitative estimate of drug-likeness (QED) is 0.237. The van der Waals surface area contributed by atoms with Crippen LogP contribution in [-0.2, 0) is 27.3 Å². The van der Waals surface area contributed by atoms with Gasteiger partial charge in [0.2, 0.25) is 5.91 Å². The summed E-state index contributed by atoms with van der Waals surface area (Å²) in [5.74, 6) is -5.36. The number of nitrogens with one attached hydrogen (secondary N) is 3. The van der Waals surface area contributed by atoms with Crippen LogP contribution < -0.4 is 20.7 Å². The predicted molar refractivity (Wildman–Crippen MR) is 167 cm³/mol. The van der Waals surface area contributed by atoms with Crippen molar-refractivity contribution >= 4 is 35.0 Å². The summed E-state index contributed by atoms with van der Waals surface area (Å²) >= 11 is 6.08. The van der Waals surface area contributed by atoms with Crippen LogP contribution >= 0.6 is 11.6 Å². The van der Waals surface area contributed by atoms with Crippen LogP contribution in [0, 0.1) is 13.8 Å². The molecule has 1 heterocycles. The van der Waals surface area contributed by atoms with Crippen LogP contribution in [0.2, 0.25) is 5.02 Å². The number of halogens is 3. The Kier molecular flexibility index (Phi) is 11.0. The summed E-state index contributed by atoms with van der Waals surface area (Å²) in [6.45, 7) is 2.16.